The number of benzene rings is 1. The molecule has 0 aromatic heterocycles. The Morgan fingerprint density at radius 1 is 1.08 bits per heavy atom. The van der Waals surface area contributed by atoms with Gasteiger partial charge in [-0.25, -0.2) is 0 Å². The lowest BCUT2D eigenvalue weighted by molar-refractivity contribution is -0.131. The first-order chi connectivity index (χ1) is 12.2. The number of carbonyl (C=O) groups excluding carboxylic acids is 2. The first kappa shape index (κ1) is 22.0. The molecule has 0 aliphatic carbocycles. The van der Waals surface area contributed by atoms with E-state index in [1.54, 1.807) is 6.07 Å². The van der Waals surface area contributed by atoms with E-state index in [0.717, 1.165) is 31.5 Å². The Hall–Kier alpha value is -2.04. The molecule has 2 amide bonds. The molecule has 26 heavy (non-hydrogen) atoms. The third kappa shape index (κ3) is 7.06. The highest BCUT2D eigenvalue weighted by Gasteiger charge is 2.17. The van der Waals surface area contributed by atoms with Crippen LogP contribution >= 0.6 is 0 Å². The van der Waals surface area contributed by atoms with Gasteiger partial charge < -0.3 is 15.3 Å². The van der Waals surface area contributed by atoms with Gasteiger partial charge in [0.2, 0.25) is 11.8 Å². The quantitative estimate of drug-likeness (QED) is 0.638. The number of nitrogens with zero attached hydrogens (tertiary/aromatic N) is 1. The first-order valence-corrected chi connectivity index (χ1v) is 9.60. The number of hydrogen-bond acceptors (Lipinski definition) is 3. The molecule has 0 saturated carbocycles. The van der Waals surface area contributed by atoms with Crippen LogP contribution in [0.15, 0.2) is 18.2 Å². The van der Waals surface area contributed by atoms with Crippen LogP contribution in [0, 0.1) is 0 Å². The highest BCUT2D eigenvalue weighted by molar-refractivity contribution is 5.92. The summed E-state index contributed by atoms with van der Waals surface area (Å²) in [6.45, 7) is 11.9. The van der Waals surface area contributed by atoms with Crippen molar-refractivity contribution in [1.29, 1.82) is 0 Å². The summed E-state index contributed by atoms with van der Waals surface area (Å²) in [5.74, 6) is -0.0183. The van der Waals surface area contributed by atoms with Crippen molar-refractivity contribution in [2.75, 3.05) is 18.4 Å². The fourth-order valence-electron chi connectivity index (χ4n) is 2.77. The van der Waals surface area contributed by atoms with Crippen LogP contribution < -0.4 is 5.32 Å². The van der Waals surface area contributed by atoms with Crippen molar-refractivity contribution >= 4 is 17.5 Å². The molecule has 0 atom stereocenters. The van der Waals surface area contributed by atoms with Gasteiger partial charge in [-0.15, -0.1) is 0 Å². The van der Waals surface area contributed by atoms with Gasteiger partial charge in [-0.2, -0.15) is 0 Å². The van der Waals surface area contributed by atoms with Gasteiger partial charge in [0.1, 0.15) is 5.75 Å². The van der Waals surface area contributed by atoms with Crippen molar-refractivity contribution < 1.29 is 14.7 Å². The van der Waals surface area contributed by atoms with Crippen molar-refractivity contribution in [3.05, 3.63) is 23.8 Å². The molecule has 0 aliphatic heterocycles. The Kier molecular flexibility index (Phi) is 8.62. The standard InChI is InChI=1S/C21H34N2O3/c1-6-13-23(14-7-2)20(26)10-8-9-19(25)22-17-15-16(21(3,4)5)11-12-18(17)24/h11-12,15,24H,6-10,13-14H2,1-5H3,(H,22,25). The molecule has 0 spiro atoms. The van der Waals surface area contributed by atoms with E-state index in [9.17, 15) is 14.7 Å². The molecule has 0 bridgehead atoms. The second-order valence-electron chi connectivity index (χ2n) is 7.76. The lowest BCUT2D eigenvalue weighted by atomic mass is 9.87. The zero-order chi connectivity index (χ0) is 19.7. The van der Waals surface area contributed by atoms with Gasteiger partial charge in [0.25, 0.3) is 0 Å². The molecular weight excluding hydrogens is 328 g/mol. The number of carbonyl (C=O) groups is 2. The monoisotopic (exact) mass is 362 g/mol. The Morgan fingerprint density at radius 3 is 2.23 bits per heavy atom. The van der Waals surface area contributed by atoms with E-state index in [0.29, 0.717) is 18.5 Å². The second kappa shape index (κ2) is 10.2. The predicted molar refractivity (Wildman–Crippen MR) is 106 cm³/mol. The third-order valence-corrected chi connectivity index (χ3v) is 4.27. The van der Waals surface area contributed by atoms with Crippen LogP contribution in [0.1, 0.15) is 72.3 Å². The molecule has 0 unspecified atom stereocenters. The van der Waals surface area contributed by atoms with Gasteiger partial charge in [-0.3, -0.25) is 9.59 Å². The molecule has 0 heterocycles. The Labute approximate surface area is 157 Å². The number of rotatable bonds is 9. The first-order valence-electron chi connectivity index (χ1n) is 9.60. The number of aromatic hydroxyl groups is 1. The molecule has 0 fully saturated rings. The molecule has 1 aromatic rings. The minimum absolute atomic E-state index is 0.0551. The van der Waals surface area contributed by atoms with Gasteiger partial charge in [0, 0.05) is 25.9 Å². The number of amides is 2. The fourth-order valence-corrected chi connectivity index (χ4v) is 2.77. The summed E-state index contributed by atoms with van der Waals surface area (Å²) in [6.07, 6.45) is 3.03. The van der Waals surface area contributed by atoms with E-state index in [4.69, 9.17) is 0 Å². The summed E-state index contributed by atoms with van der Waals surface area (Å²) in [6, 6.07) is 5.27. The molecule has 0 aliphatic rings. The summed E-state index contributed by atoms with van der Waals surface area (Å²) >= 11 is 0. The SMILES string of the molecule is CCCN(CCC)C(=O)CCCC(=O)Nc1cc(C(C)(C)C)ccc1O. The van der Waals surface area contributed by atoms with Crippen molar-refractivity contribution in [2.45, 2.75) is 72.1 Å². The second-order valence-corrected chi connectivity index (χ2v) is 7.76. The Balaban J connectivity index is 2.56. The number of nitrogens with one attached hydrogen (secondary N) is 1. The minimum atomic E-state index is -0.184. The van der Waals surface area contributed by atoms with Crippen LogP contribution in [0.3, 0.4) is 0 Å². The number of phenols is 1. The van der Waals surface area contributed by atoms with Crippen LogP contribution in [0.2, 0.25) is 0 Å². The molecule has 5 nitrogen and oxygen atoms in total. The zero-order valence-electron chi connectivity index (χ0n) is 16.9. The van der Waals surface area contributed by atoms with Gasteiger partial charge in [0.15, 0.2) is 0 Å². The van der Waals surface area contributed by atoms with Crippen molar-refractivity contribution in [2.24, 2.45) is 0 Å². The van der Waals surface area contributed by atoms with Gasteiger partial charge >= 0.3 is 0 Å². The molecule has 5 heteroatoms. The van der Waals surface area contributed by atoms with E-state index in [2.05, 4.69) is 39.9 Å². The number of phenolic OH excluding ortho intramolecular Hbond substituents is 1. The fraction of sp³-hybridized carbons (Fsp3) is 0.619. The lowest BCUT2D eigenvalue weighted by Gasteiger charge is -2.21. The number of anilines is 1. The smallest absolute Gasteiger partial charge is 0.224 e. The van der Waals surface area contributed by atoms with E-state index in [1.807, 2.05) is 17.0 Å². The maximum atomic E-state index is 12.2. The molecule has 2 N–H and O–H groups in total. The molecule has 146 valence electrons. The van der Waals surface area contributed by atoms with Crippen LogP contribution in [0.4, 0.5) is 5.69 Å². The molecule has 1 aromatic carbocycles. The predicted octanol–water partition coefficient (Wildman–Crippen LogP) is 4.45. The summed E-state index contributed by atoms with van der Waals surface area (Å²) in [7, 11) is 0. The largest absolute Gasteiger partial charge is 0.506 e. The van der Waals surface area contributed by atoms with Crippen molar-refractivity contribution in [3.63, 3.8) is 0 Å². The summed E-state index contributed by atoms with van der Waals surface area (Å²) in [4.78, 5) is 26.3. The maximum Gasteiger partial charge on any atom is 0.224 e. The van der Waals surface area contributed by atoms with E-state index in [-0.39, 0.29) is 29.4 Å². The van der Waals surface area contributed by atoms with Crippen LogP contribution in [-0.4, -0.2) is 34.9 Å². The summed E-state index contributed by atoms with van der Waals surface area (Å²) in [5.41, 5.74) is 1.39. The van der Waals surface area contributed by atoms with Gasteiger partial charge in [-0.05, 0) is 42.4 Å². The Morgan fingerprint density at radius 2 is 1.69 bits per heavy atom. The van der Waals surface area contributed by atoms with Crippen LogP contribution in [-0.2, 0) is 15.0 Å². The van der Waals surface area contributed by atoms with Crippen LogP contribution in [0.25, 0.3) is 0 Å². The molecule has 1 rings (SSSR count). The molecular formula is C21H34N2O3. The van der Waals surface area contributed by atoms with Crippen molar-refractivity contribution in [3.8, 4) is 5.75 Å². The highest BCUT2D eigenvalue weighted by atomic mass is 16.3. The maximum absolute atomic E-state index is 12.2. The van der Waals surface area contributed by atoms with E-state index in [1.165, 1.54) is 0 Å². The average Bonchev–Trinajstić information content (AvgIpc) is 2.55. The van der Waals surface area contributed by atoms with E-state index >= 15 is 0 Å². The topological polar surface area (TPSA) is 69.6 Å². The zero-order valence-corrected chi connectivity index (χ0v) is 16.9. The third-order valence-electron chi connectivity index (χ3n) is 4.27. The number of hydrogen-bond donors (Lipinski definition) is 2. The minimum Gasteiger partial charge on any atom is -0.506 e. The van der Waals surface area contributed by atoms with Gasteiger partial charge in [-0.1, -0.05) is 40.7 Å². The Bertz CT molecular complexity index is 600. The average molecular weight is 363 g/mol. The summed E-state index contributed by atoms with van der Waals surface area (Å²) in [5, 5.41) is 12.7. The summed E-state index contributed by atoms with van der Waals surface area (Å²) < 4.78 is 0. The molecule has 0 saturated heterocycles. The normalized spacial score (nSPS) is 11.3. The van der Waals surface area contributed by atoms with E-state index < -0.39 is 0 Å². The molecule has 0 radical (unpaired) electrons. The van der Waals surface area contributed by atoms with Crippen molar-refractivity contribution in [1.82, 2.24) is 4.90 Å². The van der Waals surface area contributed by atoms with Crippen LogP contribution in [0.5, 0.6) is 5.75 Å². The lowest BCUT2D eigenvalue weighted by Crippen LogP contribution is -2.32. The van der Waals surface area contributed by atoms with Gasteiger partial charge in [0.05, 0.1) is 5.69 Å². The highest BCUT2D eigenvalue weighted by Crippen LogP contribution is 2.30.